The second-order valence-corrected chi connectivity index (χ2v) is 25.2. The molecule has 0 spiro atoms. The maximum Gasteiger partial charge on any atom is 0.361 e. The van der Waals surface area contributed by atoms with Gasteiger partial charge in [0.05, 0.1) is 34.4 Å². The van der Waals surface area contributed by atoms with Crippen molar-refractivity contribution in [3.8, 4) is 0 Å². The lowest BCUT2D eigenvalue weighted by Gasteiger charge is -2.25. The van der Waals surface area contributed by atoms with Crippen LogP contribution in [0.5, 0.6) is 0 Å². The van der Waals surface area contributed by atoms with Crippen LogP contribution in [-0.2, 0) is 33.3 Å². The summed E-state index contributed by atoms with van der Waals surface area (Å²) in [6, 6.07) is 0. The molecule has 1 N–H and O–H groups in total. The number of carboxylic acid groups (broad SMARTS) is 1. The zero-order valence-electron chi connectivity index (χ0n) is 57.2. The van der Waals surface area contributed by atoms with E-state index in [1.165, 1.54) is 167 Å². The van der Waals surface area contributed by atoms with Crippen LogP contribution in [0.15, 0.2) is 109 Å². The van der Waals surface area contributed by atoms with Gasteiger partial charge in [0.15, 0.2) is 6.10 Å². The first-order chi connectivity index (χ1) is 42.6. The quantitative estimate of drug-likeness (QED) is 0.0211. The summed E-state index contributed by atoms with van der Waals surface area (Å²) in [5.41, 5.74) is 0. The molecule has 0 aromatic heterocycles. The van der Waals surface area contributed by atoms with Crippen LogP contribution in [0.2, 0.25) is 0 Å². The molecular formula is C78H136NO8+. The van der Waals surface area contributed by atoms with Gasteiger partial charge >= 0.3 is 17.9 Å². The fourth-order valence-electron chi connectivity index (χ4n) is 10.1. The zero-order valence-corrected chi connectivity index (χ0v) is 57.2. The van der Waals surface area contributed by atoms with Gasteiger partial charge in [-0.05, 0) is 83.5 Å². The van der Waals surface area contributed by atoms with Gasteiger partial charge in [0.25, 0.3) is 6.29 Å². The number of allylic oxidation sites excluding steroid dienone is 18. The summed E-state index contributed by atoms with van der Waals surface area (Å²) in [6.45, 7) is 4.77. The first-order valence-electron chi connectivity index (χ1n) is 36.1. The number of likely N-dealkylation sites (N-methyl/N-ethyl adjacent to an activating group) is 1. The summed E-state index contributed by atoms with van der Waals surface area (Å²) in [5, 5.41) is 9.75. The number of carbonyl (C=O) groups is 3. The Balaban J connectivity index is 4.17. The number of hydrogen-bond acceptors (Lipinski definition) is 7. The molecule has 87 heavy (non-hydrogen) atoms. The van der Waals surface area contributed by atoms with Gasteiger partial charge in [0.1, 0.15) is 13.2 Å². The topological polar surface area (TPSA) is 108 Å². The summed E-state index contributed by atoms with van der Waals surface area (Å²) >= 11 is 0. The van der Waals surface area contributed by atoms with Crippen LogP contribution in [0.4, 0.5) is 0 Å². The molecule has 2 unspecified atom stereocenters. The third-order valence-electron chi connectivity index (χ3n) is 15.5. The van der Waals surface area contributed by atoms with E-state index in [-0.39, 0.29) is 32.2 Å². The Labute approximate surface area is 536 Å². The third kappa shape index (κ3) is 69.3. The van der Waals surface area contributed by atoms with Gasteiger partial charge in [-0.15, -0.1) is 0 Å². The predicted octanol–water partition coefficient (Wildman–Crippen LogP) is 22.6. The molecule has 0 aliphatic rings. The second kappa shape index (κ2) is 67.9. The molecule has 0 heterocycles. The second-order valence-electron chi connectivity index (χ2n) is 25.2. The van der Waals surface area contributed by atoms with Gasteiger partial charge in [-0.2, -0.15) is 0 Å². The highest BCUT2D eigenvalue weighted by molar-refractivity contribution is 5.71. The van der Waals surface area contributed by atoms with Crippen molar-refractivity contribution in [1.82, 2.24) is 0 Å². The lowest BCUT2D eigenvalue weighted by atomic mass is 10.0. The van der Waals surface area contributed by atoms with E-state index in [1.54, 1.807) is 0 Å². The lowest BCUT2D eigenvalue weighted by molar-refractivity contribution is -0.870. The fourth-order valence-corrected chi connectivity index (χ4v) is 10.1. The first-order valence-corrected chi connectivity index (χ1v) is 36.1. The average molecular weight is 1220 g/mol. The summed E-state index contributed by atoms with van der Waals surface area (Å²) in [7, 11) is 5.97. The summed E-state index contributed by atoms with van der Waals surface area (Å²) in [5.74, 6) is -2.03. The minimum atomic E-state index is -1.52. The van der Waals surface area contributed by atoms with Crippen molar-refractivity contribution in [2.24, 2.45) is 0 Å². The monoisotopic (exact) mass is 1220 g/mol. The van der Waals surface area contributed by atoms with Gasteiger partial charge in [-0.25, -0.2) is 4.79 Å². The SMILES string of the molecule is CC/C=C\C/C=C\C/C=C\C/C=C\C/C=C\C/C=C\C/C=C\C/C=C\C/C=C\CCCCCCCC(=O)OC(COC(=O)CCCCCCCCCCCCCCCCCCCCCCCCCCCCCCC)COC(OCC[N+](C)(C)C)C(=O)O. The summed E-state index contributed by atoms with van der Waals surface area (Å²) in [4.78, 5) is 37.6. The van der Waals surface area contributed by atoms with Crippen molar-refractivity contribution in [1.29, 1.82) is 0 Å². The first kappa shape index (κ1) is 83.0. The minimum absolute atomic E-state index is 0.180. The van der Waals surface area contributed by atoms with Crippen molar-refractivity contribution in [2.45, 2.75) is 322 Å². The molecule has 0 aliphatic carbocycles. The molecule has 0 aromatic carbocycles. The highest BCUT2D eigenvalue weighted by Gasteiger charge is 2.25. The van der Waals surface area contributed by atoms with Gasteiger partial charge in [0.2, 0.25) is 0 Å². The normalized spacial score (nSPS) is 13.3. The van der Waals surface area contributed by atoms with E-state index >= 15 is 0 Å². The van der Waals surface area contributed by atoms with Crippen molar-refractivity contribution in [2.75, 3.05) is 47.5 Å². The Morgan fingerprint density at radius 2 is 0.655 bits per heavy atom. The lowest BCUT2D eigenvalue weighted by Crippen LogP contribution is -2.40. The van der Waals surface area contributed by atoms with Crippen LogP contribution >= 0.6 is 0 Å². The number of esters is 2. The fraction of sp³-hybridized carbons (Fsp3) is 0.731. The number of ether oxygens (including phenoxy) is 4. The van der Waals surface area contributed by atoms with Crippen LogP contribution in [0.3, 0.4) is 0 Å². The molecule has 0 bridgehead atoms. The molecule has 0 amide bonds. The van der Waals surface area contributed by atoms with Gasteiger partial charge in [-0.3, -0.25) is 9.59 Å². The molecular weight excluding hydrogens is 1080 g/mol. The van der Waals surface area contributed by atoms with E-state index in [0.29, 0.717) is 23.9 Å². The van der Waals surface area contributed by atoms with Gasteiger partial charge < -0.3 is 28.5 Å². The number of unbranched alkanes of at least 4 members (excludes halogenated alkanes) is 33. The van der Waals surface area contributed by atoms with Crippen molar-refractivity contribution >= 4 is 17.9 Å². The van der Waals surface area contributed by atoms with Crippen molar-refractivity contribution in [3.05, 3.63) is 109 Å². The zero-order chi connectivity index (χ0) is 63.3. The molecule has 0 saturated heterocycles. The van der Waals surface area contributed by atoms with Crippen LogP contribution < -0.4 is 0 Å². The average Bonchev–Trinajstić information content (AvgIpc) is 3.59. The Morgan fingerprint density at radius 3 is 0.977 bits per heavy atom. The molecule has 2 atom stereocenters. The van der Waals surface area contributed by atoms with Crippen LogP contribution in [0.25, 0.3) is 0 Å². The maximum atomic E-state index is 12.9. The van der Waals surface area contributed by atoms with E-state index in [1.807, 2.05) is 21.1 Å². The van der Waals surface area contributed by atoms with E-state index in [9.17, 15) is 19.5 Å². The van der Waals surface area contributed by atoms with Crippen LogP contribution in [-0.4, -0.2) is 87.4 Å². The van der Waals surface area contributed by atoms with Crippen LogP contribution in [0.1, 0.15) is 309 Å². The third-order valence-corrected chi connectivity index (χ3v) is 15.5. The Morgan fingerprint density at radius 1 is 0.356 bits per heavy atom. The number of carboxylic acids is 1. The smallest absolute Gasteiger partial charge is 0.361 e. The highest BCUT2D eigenvalue weighted by atomic mass is 16.7. The summed E-state index contributed by atoms with van der Waals surface area (Å²) < 4.78 is 23.0. The number of quaternary nitrogens is 1. The largest absolute Gasteiger partial charge is 0.477 e. The number of hydrogen-bond donors (Lipinski definition) is 1. The van der Waals surface area contributed by atoms with Gasteiger partial charge in [-0.1, -0.05) is 322 Å². The molecule has 500 valence electrons. The van der Waals surface area contributed by atoms with Gasteiger partial charge in [0, 0.05) is 12.8 Å². The van der Waals surface area contributed by atoms with Crippen molar-refractivity contribution in [3.63, 3.8) is 0 Å². The standard InChI is InChI=1S/C78H135NO8/c1-6-8-10-12-14-16-18-20-22-24-26-28-30-32-34-36-37-38-39-41-43-45-47-49-51-53-55-57-59-61-63-65-67-69-76(81)87-74(73-86-78(77(82)83)84-71-70-79(3,4)5)72-85-75(80)68-66-64-62-60-58-56-54-52-50-48-46-44-42-40-35-33-31-29-27-25-23-21-19-17-15-13-11-9-7-2/h8,10,14,16,20,22,26,28,32,34,37-38,41,43,47,49,53,55,74,78H,6-7,9,11-13,15,17-19,21,23-25,27,29-31,33,35-36,39-40,42,44-46,48,50-52,54,56-73H2,1-5H3/p+1/b10-8-,16-14-,22-20-,28-26-,34-32-,38-37-,43-41-,49-47-,55-53-. The predicted molar refractivity (Wildman–Crippen MR) is 373 cm³/mol. The van der Waals surface area contributed by atoms with Crippen LogP contribution in [0, 0.1) is 0 Å². The summed E-state index contributed by atoms with van der Waals surface area (Å²) in [6.07, 6.45) is 92.1. The number of nitrogens with zero attached hydrogens (tertiary/aromatic N) is 1. The molecule has 0 fully saturated rings. The van der Waals surface area contributed by atoms with E-state index < -0.39 is 24.3 Å². The number of carbonyl (C=O) groups excluding carboxylic acids is 2. The number of aliphatic carboxylic acids is 1. The number of rotatable bonds is 66. The molecule has 0 aliphatic heterocycles. The Hall–Kier alpha value is -4.05. The molecule has 9 nitrogen and oxygen atoms in total. The van der Waals surface area contributed by atoms with Crippen molar-refractivity contribution < 1.29 is 42.9 Å². The molecule has 9 heteroatoms. The van der Waals surface area contributed by atoms with E-state index in [0.717, 1.165) is 109 Å². The molecule has 0 saturated carbocycles. The minimum Gasteiger partial charge on any atom is -0.477 e. The maximum absolute atomic E-state index is 12.9. The Bertz CT molecular complexity index is 1800. The molecule has 0 aromatic rings. The molecule has 0 radical (unpaired) electrons. The highest BCUT2D eigenvalue weighted by Crippen LogP contribution is 2.18. The van der Waals surface area contributed by atoms with E-state index in [4.69, 9.17) is 18.9 Å². The van der Waals surface area contributed by atoms with E-state index in [2.05, 4.69) is 123 Å². The molecule has 0 rings (SSSR count). The Kier molecular flexibility index (Phi) is 64.7.